The molecule has 1 rings (SSSR count). The number of unbranched alkanes of at least 4 members (excludes halogenated alkanes) is 4. The van der Waals surface area contributed by atoms with Gasteiger partial charge in [0.1, 0.15) is 11.6 Å². The Morgan fingerprint density at radius 3 is 2.61 bits per heavy atom. The van der Waals surface area contributed by atoms with Crippen LogP contribution in [0.25, 0.3) is 0 Å². The maximum Gasteiger partial charge on any atom is 0.137 e. The van der Waals surface area contributed by atoms with Crippen LogP contribution < -0.4 is 0 Å². The first-order chi connectivity index (χ1) is 8.63. The van der Waals surface area contributed by atoms with Crippen LogP contribution in [-0.2, 0) is 11.2 Å². The molecule has 0 heterocycles. The summed E-state index contributed by atoms with van der Waals surface area (Å²) in [6, 6.07) is 4.76. The molecular formula is C15H20BrFO. The summed E-state index contributed by atoms with van der Waals surface area (Å²) in [5.41, 5.74) is 0.877. The zero-order valence-corrected chi connectivity index (χ0v) is 12.4. The largest absolute Gasteiger partial charge is 0.299 e. The lowest BCUT2D eigenvalue weighted by Crippen LogP contribution is -2.02. The number of carbonyl (C=O) groups is 1. The van der Waals surface area contributed by atoms with Crippen molar-refractivity contribution in [1.29, 1.82) is 0 Å². The Morgan fingerprint density at radius 1 is 1.22 bits per heavy atom. The van der Waals surface area contributed by atoms with E-state index in [0.29, 0.717) is 17.3 Å². The van der Waals surface area contributed by atoms with Gasteiger partial charge < -0.3 is 0 Å². The smallest absolute Gasteiger partial charge is 0.137 e. The lowest BCUT2D eigenvalue weighted by molar-refractivity contribution is -0.118. The quantitative estimate of drug-likeness (QED) is 0.613. The van der Waals surface area contributed by atoms with Gasteiger partial charge in [-0.1, -0.05) is 38.7 Å². The molecule has 100 valence electrons. The average Bonchev–Trinajstić information content (AvgIpc) is 2.34. The highest BCUT2D eigenvalue weighted by molar-refractivity contribution is 9.10. The van der Waals surface area contributed by atoms with Crippen molar-refractivity contribution in [3.63, 3.8) is 0 Å². The van der Waals surface area contributed by atoms with Crippen LogP contribution >= 0.6 is 15.9 Å². The van der Waals surface area contributed by atoms with Crippen molar-refractivity contribution in [1.82, 2.24) is 0 Å². The second-order valence-electron chi connectivity index (χ2n) is 4.63. The Labute approximate surface area is 117 Å². The fourth-order valence-corrected chi connectivity index (χ4v) is 2.32. The van der Waals surface area contributed by atoms with Gasteiger partial charge in [0.05, 0.1) is 4.47 Å². The first kappa shape index (κ1) is 15.4. The van der Waals surface area contributed by atoms with Crippen molar-refractivity contribution in [2.75, 3.05) is 0 Å². The van der Waals surface area contributed by atoms with Crippen LogP contribution in [0.3, 0.4) is 0 Å². The second kappa shape index (κ2) is 8.41. The Bertz CT molecular complexity index is 390. The van der Waals surface area contributed by atoms with Gasteiger partial charge in [0, 0.05) is 12.8 Å². The standard InChI is InChI=1S/C15H20BrFO/c1-2-3-4-5-6-7-13(18)10-12-8-9-15(17)14(16)11-12/h8-9,11H,2-7,10H2,1H3. The Morgan fingerprint density at radius 2 is 1.94 bits per heavy atom. The molecule has 18 heavy (non-hydrogen) atoms. The number of hydrogen-bond donors (Lipinski definition) is 0. The van der Waals surface area contributed by atoms with Gasteiger partial charge >= 0.3 is 0 Å². The SMILES string of the molecule is CCCCCCCC(=O)Cc1ccc(F)c(Br)c1. The third-order valence-corrected chi connectivity index (χ3v) is 3.55. The number of carbonyl (C=O) groups excluding carboxylic acids is 1. The van der Waals surface area contributed by atoms with Gasteiger partial charge in [-0.25, -0.2) is 4.39 Å². The number of hydrogen-bond acceptors (Lipinski definition) is 1. The molecule has 0 fully saturated rings. The molecule has 1 aromatic rings. The van der Waals surface area contributed by atoms with Crippen molar-refractivity contribution in [3.8, 4) is 0 Å². The molecule has 0 aliphatic rings. The van der Waals surface area contributed by atoms with E-state index in [-0.39, 0.29) is 11.6 Å². The molecule has 0 bridgehead atoms. The van der Waals surface area contributed by atoms with Crippen LogP contribution in [0.1, 0.15) is 51.0 Å². The van der Waals surface area contributed by atoms with Gasteiger partial charge in [-0.3, -0.25) is 4.79 Å². The van der Waals surface area contributed by atoms with Crippen molar-refractivity contribution < 1.29 is 9.18 Å². The van der Waals surface area contributed by atoms with Crippen LogP contribution in [-0.4, -0.2) is 5.78 Å². The first-order valence-electron chi connectivity index (χ1n) is 6.59. The molecule has 0 amide bonds. The number of ketones is 1. The fraction of sp³-hybridized carbons (Fsp3) is 0.533. The average molecular weight is 315 g/mol. The molecule has 0 atom stereocenters. The van der Waals surface area contributed by atoms with E-state index in [1.165, 1.54) is 25.3 Å². The van der Waals surface area contributed by atoms with Crippen LogP contribution in [0.4, 0.5) is 4.39 Å². The van der Waals surface area contributed by atoms with Gasteiger partial charge in [-0.15, -0.1) is 0 Å². The van der Waals surface area contributed by atoms with Gasteiger partial charge in [-0.05, 0) is 40.0 Å². The maximum atomic E-state index is 13.0. The normalized spacial score (nSPS) is 10.6. The zero-order valence-electron chi connectivity index (χ0n) is 10.8. The van der Waals surface area contributed by atoms with Crippen LogP contribution in [0, 0.1) is 5.82 Å². The molecule has 0 aromatic heterocycles. The molecule has 0 saturated carbocycles. The Balaban J connectivity index is 2.29. The highest BCUT2D eigenvalue weighted by Crippen LogP contribution is 2.18. The van der Waals surface area contributed by atoms with E-state index < -0.39 is 0 Å². The summed E-state index contributed by atoms with van der Waals surface area (Å²) < 4.78 is 13.5. The van der Waals surface area contributed by atoms with Crippen molar-refractivity contribution >= 4 is 21.7 Å². The summed E-state index contributed by atoms with van der Waals surface area (Å²) in [7, 11) is 0. The third kappa shape index (κ3) is 5.76. The predicted octanol–water partition coefficient (Wildman–Crippen LogP) is 5.06. The van der Waals surface area contributed by atoms with E-state index in [4.69, 9.17) is 0 Å². The highest BCUT2D eigenvalue weighted by Gasteiger charge is 2.06. The molecule has 3 heteroatoms. The number of benzene rings is 1. The van der Waals surface area contributed by atoms with E-state index in [9.17, 15) is 9.18 Å². The number of halogens is 2. The van der Waals surface area contributed by atoms with Crippen molar-refractivity contribution in [3.05, 3.63) is 34.1 Å². The first-order valence-corrected chi connectivity index (χ1v) is 7.38. The highest BCUT2D eigenvalue weighted by atomic mass is 79.9. The van der Waals surface area contributed by atoms with Gasteiger partial charge in [-0.2, -0.15) is 0 Å². The number of rotatable bonds is 8. The van der Waals surface area contributed by atoms with E-state index in [0.717, 1.165) is 18.4 Å². The maximum absolute atomic E-state index is 13.0. The van der Waals surface area contributed by atoms with E-state index in [1.54, 1.807) is 12.1 Å². The molecule has 1 nitrogen and oxygen atoms in total. The minimum atomic E-state index is -0.286. The van der Waals surface area contributed by atoms with E-state index >= 15 is 0 Å². The summed E-state index contributed by atoms with van der Waals surface area (Å²) in [4.78, 5) is 11.7. The van der Waals surface area contributed by atoms with Crippen molar-refractivity contribution in [2.24, 2.45) is 0 Å². The summed E-state index contributed by atoms with van der Waals surface area (Å²) in [6.45, 7) is 2.18. The summed E-state index contributed by atoms with van der Waals surface area (Å²) >= 11 is 3.13. The van der Waals surface area contributed by atoms with Gasteiger partial charge in [0.15, 0.2) is 0 Å². The molecule has 0 aliphatic heterocycles. The Hall–Kier alpha value is -0.700. The fourth-order valence-electron chi connectivity index (χ4n) is 1.89. The molecule has 0 radical (unpaired) electrons. The Kier molecular flexibility index (Phi) is 7.18. The lowest BCUT2D eigenvalue weighted by Gasteiger charge is -2.03. The molecule has 0 aliphatic carbocycles. The van der Waals surface area contributed by atoms with E-state index in [2.05, 4.69) is 22.9 Å². The second-order valence-corrected chi connectivity index (χ2v) is 5.48. The van der Waals surface area contributed by atoms with E-state index in [1.807, 2.05) is 0 Å². The van der Waals surface area contributed by atoms with Gasteiger partial charge in [0.2, 0.25) is 0 Å². The van der Waals surface area contributed by atoms with Crippen LogP contribution in [0.15, 0.2) is 22.7 Å². The molecule has 0 unspecified atom stereocenters. The summed E-state index contributed by atoms with van der Waals surface area (Å²) in [6.07, 6.45) is 6.84. The lowest BCUT2D eigenvalue weighted by atomic mass is 10.0. The minimum Gasteiger partial charge on any atom is -0.299 e. The van der Waals surface area contributed by atoms with Gasteiger partial charge in [0.25, 0.3) is 0 Å². The van der Waals surface area contributed by atoms with Crippen LogP contribution in [0.5, 0.6) is 0 Å². The minimum absolute atomic E-state index is 0.241. The molecule has 0 saturated heterocycles. The molecular weight excluding hydrogens is 295 g/mol. The number of Topliss-reactive ketones (excluding diaryl/α,β-unsaturated/α-hetero) is 1. The predicted molar refractivity (Wildman–Crippen MR) is 76.2 cm³/mol. The third-order valence-electron chi connectivity index (χ3n) is 2.94. The molecule has 0 N–H and O–H groups in total. The molecule has 1 aromatic carbocycles. The summed E-state index contributed by atoms with van der Waals surface area (Å²) in [5, 5.41) is 0. The summed E-state index contributed by atoms with van der Waals surface area (Å²) in [5.74, 6) is -0.0456. The van der Waals surface area contributed by atoms with Crippen LogP contribution in [0.2, 0.25) is 0 Å². The monoisotopic (exact) mass is 314 g/mol. The zero-order chi connectivity index (χ0) is 13.4. The topological polar surface area (TPSA) is 17.1 Å². The molecule has 0 spiro atoms. The van der Waals surface area contributed by atoms with Crippen molar-refractivity contribution in [2.45, 2.75) is 51.9 Å².